The summed E-state index contributed by atoms with van der Waals surface area (Å²) in [6.45, 7) is 1.85. The van der Waals surface area contributed by atoms with Gasteiger partial charge in [-0.2, -0.15) is 4.31 Å². The number of carboxylic acids is 1. The summed E-state index contributed by atoms with van der Waals surface area (Å²) in [5.74, 6) is -1.43. The number of aliphatic carboxylic acids is 1. The van der Waals surface area contributed by atoms with Gasteiger partial charge in [0, 0.05) is 6.54 Å². The fourth-order valence-electron chi connectivity index (χ4n) is 2.39. The van der Waals surface area contributed by atoms with E-state index in [1.807, 2.05) is 0 Å². The minimum atomic E-state index is -4.04. The Kier molecular flexibility index (Phi) is 4.30. The number of rotatable bonds is 3. The molecule has 2 unspecified atom stereocenters. The summed E-state index contributed by atoms with van der Waals surface area (Å²) >= 11 is 11.8. The lowest BCUT2D eigenvalue weighted by molar-refractivity contribution is -0.141. The summed E-state index contributed by atoms with van der Waals surface area (Å²) in [7, 11) is -4.04. The Bertz CT molecular complexity index is 627. The van der Waals surface area contributed by atoms with E-state index in [2.05, 4.69) is 0 Å². The second-order valence-electron chi connectivity index (χ2n) is 4.72. The number of sulfonamides is 1. The number of carbonyl (C=O) groups is 1. The average molecular weight is 338 g/mol. The molecule has 1 aromatic rings. The maximum absolute atomic E-state index is 12.6. The zero-order valence-corrected chi connectivity index (χ0v) is 12.9. The molecule has 20 heavy (non-hydrogen) atoms. The minimum Gasteiger partial charge on any atom is -0.480 e. The second kappa shape index (κ2) is 5.52. The second-order valence-corrected chi connectivity index (χ2v) is 7.36. The molecule has 1 fully saturated rings. The molecule has 0 aliphatic carbocycles. The van der Waals surface area contributed by atoms with Crippen LogP contribution in [-0.4, -0.2) is 36.4 Å². The van der Waals surface area contributed by atoms with Gasteiger partial charge in [-0.05, 0) is 24.5 Å². The first-order valence-electron chi connectivity index (χ1n) is 5.95. The monoisotopic (exact) mass is 337 g/mol. The van der Waals surface area contributed by atoms with Crippen LogP contribution in [0.1, 0.15) is 13.3 Å². The van der Waals surface area contributed by atoms with Crippen molar-refractivity contribution in [2.75, 3.05) is 6.54 Å². The van der Waals surface area contributed by atoms with Crippen molar-refractivity contribution in [3.63, 3.8) is 0 Å². The predicted octanol–water partition coefficient (Wildman–Crippen LogP) is 2.48. The molecular weight excluding hydrogens is 325 g/mol. The minimum absolute atomic E-state index is 0.0128. The summed E-state index contributed by atoms with van der Waals surface area (Å²) in [6.07, 6.45) is 0.484. The number of carboxylic acid groups (broad SMARTS) is 1. The number of hydrogen-bond donors (Lipinski definition) is 1. The van der Waals surface area contributed by atoms with Crippen LogP contribution in [0.5, 0.6) is 0 Å². The van der Waals surface area contributed by atoms with Gasteiger partial charge in [-0.25, -0.2) is 8.42 Å². The van der Waals surface area contributed by atoms with Crippen molar-refractivity contribution >= 4 is 39.2 Å². The Morgan fingerprint density at radius 2 is 1.90 bits per heavy atom. The number of nitrogens with zero attached hydrogens (tertiary/aromatic N) is 1. The summed E-state index contributed by atoms with van der Waals surface area (Å²) in [5.41, 5.74) is 0. The van der Waals surface area contributed by atoms with Crippen molar-refractivity contribution in [1.82, 2.24) is 4.31 Å². The molecule has 1 saturated heterocycles. The highest BCUT2D eigenvalue weighted by Gasteiger charge is 2.45. The molecule has 2 atom stereocenters. The lowest BCUT2D eigenvalue weighted by atomic mass is 10.0. The van der Waals surface area contributed by atoms with Gasteiger partial charge in [0.1, 0.15) is 10.9 Å². The van der Waals surface area contributed by atoms with Crippen LogP contribution in [0.3, 0.4) is 0 Å². The number of benzene rings is 1. The van der Waals surface area contributed by atoms with Gasteiger partial charge >= 0.3 is 5.97 Å². The maximum Gasteiger partial charge on any atom is 0.322 e. The van der Waals surface area contributed by atoms with Crippen molar-refractivity contribution in [1.29, 1.82) is 0 Å². The van der Waals surface area contributed by atoms with E-state index < -0.39 is 22.0 Å². The van der Waals surface area contributed by atoms with E-state index in [0.717, 1.165) is 4.31 Å². The lowest BCUT2D eigenvalue weighted by Crippen LogP contribution is -2.42. The van der Waals surface area contributed by atoms with E-state index >= 15 is 0 Å². The van der Waals surface area contributed by atoms with Crippen molar-refractivity contribution in [3.8, 4) is 0 Å². The van der Waals surface area contributed by atoms with Gasteiger partial charge in [0.25, 0.3) is 0 Å². The molecule has 0 spiro atoms. The van der Waals surface area contributed by atoms with E-state index in [-0.39, 0.29) is 27.4 Å². The Morgan fingerprint density at radius 3 is 2.40 bits per heavy atom. The van der Waals surface area contributed by atoms with E-state index in [1.165, 1.54) is 18.2 Å². The van der Waals surface area contributed by atoms with Gasteiger partial charge in [0.2, 0.25) is 10.0 Å². The van der Waals surface area contributed by atoms with Crippen molar-refractivity contribution < 1.29 is 18.3 Å². The largest absolute Gasteiger partial charge is 0.480 e. The van der Waals surface area contributed by atoms with Gasteiger partial charge in [-0.1, -0.05) is 36.2 Å². The topological polar surface area (TPSA) is 74.7 Å². The van der Waals surface area contributed by atoms with E-state index in [9.17, 15) is 18.3 Å². The van der Waals surface area contributed by atoms with E-state index in [4.69, 9.17) is 23.2 Å². The maximum atomic E-state index is 12.6. The van der Waals surface area contributed by atoms with Crippen molar-refractivity contribution in [2.24, 2.45) is 5.92 Å². The normalized spacial score (nSPS) is 23.9. The van der Waals surface area contributed by atoms with Crippen LogP contribution in [0.2, 0.25) is 10.0 Å². The number of hydrogen-bond acceptors (Lipinski definition) is 3. The molecular formula is C12H13Cl2NO4S. The molecule has 0 amide bonds. The first-order chi connectivity index (χ1) is 9.26. The molecule has 1 heterocycles. The summed E-state index contributed by atoms with van der Waals surface area (Å²) < 4.78 is 26.2. The zero-order valence-electron chi connectivity index (χ0n) is 10.6. The summed E-state index contributed by atoms with van der Waals surface area (Å²) in [6, 6.07) is 3.27. The first kappa shape index (κ1) is 15.6. The van der Waals surface area contributed by atoms with Gasteiger partial charge < -0.3 is 5.11 Å². The van der Waals surface area contributed by atoms with Crippen LogP contribution in [0.15, 0.2) is 23.1 Å². The van der Waals surface area contributed by atoms with Crippen molar-refractivity contribution in [3.05, 3.63) is 28.2 Å². The molecule has 1 aromatic carbocycles. The molecule has 0 aromatic heterocycles. The molecule has 110 valence electrons. The molecule has 0 bridgehead atoms. The Balaban J connectivity index is 2.53. The van der Waals surface area contributed by atoms with Crippen LogP contribution < -0.4 is 0 Å². The SMILES string of the molecule is CC1CCN(S(=O)(=O)c2c(Cl)cccc2Cl)C1C(=O)O. The van der Waals surface area contributed by atoms with Crippen molar-refractivity contribution in [2.45, 2.75) is 24.3 Å². The summed E-state index contributed by atoms with van der Waals surface area (Å²) in [5, 5.41) is 9.21. The molecule has 1 N–H and O–H groups in total. The third kappa shape index (κ3) is 2.53. The van der Waals surface area contributed by atoms with Crippen LogP contribution in [-0.2, 0) is 14.8 Å². The lowest BCUT2D eigenvalue weighted by Gasteiger charge is -2.23. The molecule has 8 heteroatoms. The molecule has 0 saturated carbocycles. The van der Waals surface area contributed by atoms with E-state index in [1.54, 1.807) is 6.92 Å². The van der Waals surface area contributed by atoms with E-state index in [0.29, 0.717) is 6.42 Å². The third-order valence-corrected chi connectivity index (χ3v) is 6.23. The third-order valence-electron chi connectivity index (χ3n) is 3.39. The number of halogens is 2. The fraction of sp³-hybridized carbons (Fsp3) is 0.417. The molecule has 1 aliphatic heterocycles. The highest BCUT2D eigenvalue weighted by atomic mass is 35.5. The predicted molar refractivity (Wildman–Crippen MR) is 75.6 cm³/mol. The Labute approximate surface area is 127 Å². The van der Waals surface area contributed by atoms with Crippen LogP contribution in [0.25, 0.3) is 0 Å². The zero-order chi connectivity index (χ0) is 15.1. The molecule has 0 radical (unpaired) electrons. The Hall–Kier alpha value is -0.820. The highest BCUT2D eigenvalue weighted by molar-refractivity contribution is 7.89. The quantitative estimate of drug-likeness (QED) is 0.919. The Morgan fingerprint density at radius 1 is 1.35 bits per heavy atom. The average Bonchev–Trinajstić information content (AvgIpc) is 2.71. The van der Waals surface area contributed by atoms with Gasteiger partial charge in [0.15, 0.2) is 0 Å². The smallest absolute Gasteiger partial charge is 0.322 e. The van der Waals surface area contributed by atoms with Crippen LogP contribution >= 0.6 is 23.2 Å². The fourth-order valence-corrected chi connectivity index (χ4v) is 5.18. The molecule has 2 rings (SSSR count). The van der Waals surface area contributed by atoms with Gasteiger partial charge in [-0.15, -0.1) is 0 Å². The van der Waals surface area contributed by atoms with Gasteiger partial charge in [-0.3, -0.25) is 4.79 Å². The molecule has 5 nitrogen and oxygen atoms in total. The van der Waals surface area contributed by atoms with Gasteiger partial charge in [0.05, 0.1) is 10.0 Å². The highest BCUT2D eigenvalue weighted by Crippen LogP contribution is 2.36. The van der Waals surface area contributed by atoms with Crippen LogP contribution in [0.4, 0.5) is 0 Å². The van der Waals surface area contributed by atoms with Crippen LogP contribution in [0, 0.1) is 5.92 Å². The standard InChI is InChI=1S/C12H13Cl2NO4S/c1-7-5-6-15(10(7)12(16)17)20(18,19)11-8(13)3-2-4-9(11)14/h2-4,7,10H,5-6H2,1H3,(H,16,17). The summed E-state index contributed by atoms with van der Waals surface area (Å²) in [4.78, 5) is 11.1. The molecule has 1 aliphatic rings. The first-order valence-corrected chi connectivity index (χ1v) is 8.15.